The lowest BCUT2D eigenvalue weighted by atomic mass is 10.0. The number of nitrogens with zero attached hydrogens (tertiary/aromatic N) is 1. The average Bonchev–Trinajstić information content (AvgIpc) is 2.19. The summed E-state index contributed by atoms with van der Waals surface area (Å²) in [5.74, 6) is 0.275. The largest absolute Gasteiger partial charge is 0.491 e. The first-order chi connectivity index (χ1) is 7.52. The average molecular weight is 263 g/mol. The number of hydrogen-bond acceptors (Lipinski definition) is 4. The molecule has 0 fully saturated rings. The van der Waals surface area contributed by atoms with Crippen LogP contribution in [0.15, 0.2) is 6.07 Å². The molecule has 2 rings (SSSR count). The fourth-order valence-corrected chi connectivity index (χ4v) is 2.31. The first-order valence-corrected chi connectivity index (χ1v) is 5.32. The third kappa shape index (κ3) is 1.71. The molecule has 7 heteroatoms. The zero-order valence-corrected chi connectivity index (χ0v) is 9.59. The van der Waals surface area contributed by atoms with Crippen LogP contribution in [0.5, 0.6) is 5.75 Å². The lowest BCUT2D eigenvalue weighted by Crippen LogP contribution is -2.21. The Labute approximate surface area is 101 Å². The lowest BCUT2D eigenvalue weighted by molar-refractivity contribution is -0.384. The van der Waals surface area contributed by atoms with Crippen LogP contribution in [0.4, 0.5) is 5.69 Å². The molecule has 2 N–H and O–H groups in total. The summed E-state index contributed by atoms with van der Waals surface area (Å²) in [6.45, 7) is 0.396. The van der Waals surface area contributed by atoms with Gasteiger partial charge in [-0.05, 0) is 6.07 Å². The standard InChI is InChI=1S/C9H8Cl2N2O3/c10-5-3-4-6(12)1-2-16-9(4)7(11)8(5)13(14)15/h3,6H,1-2,12H2/t6-/m1/s1. The molecule has 0 aliphatic carbocycles. The van der Waals surface area contributed by atoms with Crippen molar-refractivity contribution in [3.63, 3.8) is 0 Å². The highest BCUT2D eigenvalue weighted by molar-refractivity contribution is 6.39. The molecule has 1 aliphatic heterocycles. The first-order valence-electron chi connectivity index (χ1n) is 4.57. The van der Waals surface area contributed by atoms with Crippen molar-refractivity contribution in [1.82, 2.24) is 0 Å². The minimum atomic E-state index is -0.631. The van der Waals surface area contributed by atoms with Crippen molar-refractivity contribution in [2.75, 3.05) is 6.61 Å². The fraction of sp³-hybridized carbons (Fsp3) is 0.333. The van der Waals surface area contributed by atoms with Crippen LogP contribution < -0.4 is 10.5 Å². The van der Waals surface area contributed by atoms with Gasteiger partial charge in [-0.25, -0.2) is 0 Å². The molecule has 1 aromatic rings. The van der Waals surface area contributed by atoms with Crippen molar-refractivity contribution >= 4 is 28.9 Å². The summed E-state index contributed by atoms with van der Waals surface area (Å²) in [6.07, 6.45) is 0.636. The quantitative estimate of drug-likeness (QED) is 0.624. The van der Waals surface area contributed by atoms with E-state index in [4.69, 9.17) is 33.7 Å². The maximum absolute atomic E-state index is 10.8. The van der Waals surface area contributed by atoms with E-state index in [2.05, 4.69) is 0 Å². The van der Waals surface area contributed by atoms with Crippen LogP contribution >= 0.6 is 23.2 Å². The summed E-state index contributed by atoms with van der Waals surface area (Å²) in [4.78, 5) is 10.1. The van der Waals surface area contributed by atoms with Crippen molar-refractivity contribution in [2.45, 2.75) is 12.5 Å². The summed E-state index contributed by atoms with van der Waals surface area (Å²) in [6, 6.07) is 1.20. The van der Waals surface area contributed by atoms with Crippen LogP contribution in [0, 0.1) is 10.1 Å². The topological polar surface area (TPSA) is 78.4 Å². The molecule has 1 aliphatic rings. The molecule has 0 saturated carbocycles. The van der Waals surface area contributed by atoms with E-state index >= 15 is 0 Å². The predicted molar refractivity (Wildman–Crippen MR) is 60.2 cm³/mol. The first kappa shape index (κ1) is 11.4. The molecule has 0 bridgehead atoms. The number of nitro benzene ring substituents is 1. The molecule has 1 heterocycles. The zero-order valence-electron chi connectivity index (χ0n) is 8.07. The van der Waals surface area contributed by atoms with E-state index in [1.165, 1.54) is 6.07 Å². The highest BCUT2D eigenvalue weighted by Gasteiger charge is 2.29. The Morgan fingerprint density at radius 2 is 2.25 bits per heavy atom. The maximum Gasteiger partial charge on any atom is 0.310 e. The molecule has 16 heavy (non-hydrogen) atoms. The molecule has 0 unspecified atom stereocenters. The molecular weight excluding hydrogens is 255 g/mol. The normalized spacial score (nSPS) is 18.8. The van der Waals surface area contributed by atoms with Crippen molar-refractivity contribution in [3.8, 4) is 5.75 Å². The third-order valence-corrected chi connectivity index (χ3v) is 3.07. The fourth-order valence-electron chi connectivity index (χ4n) is 1.64. The Morgan fingerprint density at radius 1 is 1.56 bits per heavy atom. The van der Waals surface area contributed by atoms with Crippen molar-refractivity contribution in [2.24, 2.45) is 5.73 Å². The molecular formula is C9H8Cl2N2O3. The monoisotopic (exact) mass is 262 g/mol. The van der Waals surface area contributed by atoms with E-state index in [1.807, 2.05) is 0 Å². The minimum absolute atomic E-state index is 0.0188. The Hall–Kier alpha value is -1.04. The molecule has 0 saturated heterocycles. The predicted octanol–water partition coefficient (Wildman–Crippen LogP) is 2.68. The molecule has 0 amide bonds. The summed E-state index contributed by atoms with van der Waals surface area (Å²) < 4.78 is 5.30. The number of benzene rings is 1. The van der Waals surface area contributed by atoms with E-state index in [-0.39, 0.29) is 27.5 Å². The van der Waals surface area contributed by atoms with Gasteiger partial charge in [0.1, 0.15) is 10.8 Å². The maximum atomic E-state index is 10.8. The third-order valence-electron chi connectivity index (χ3n) is 2.44. The second-order valence-corrected chi connectivity index (χ2v) is 4.23. The van der Waals surface area contributed by atoms with Crippen LogP contribution in [0.1, 0.15) is 18.0 Å². The number of nitrogens with two attached hydrogens (primary N) is 1. The summed E-state index contributed by atoms with van der Waals surface area (Å²) in [5.41, 5.74) is 6.12. The molecule has 1 aromatic carbocycles. The Balaban J connectivity index is 2.67. The van der Waals surface area contributed by atoms with Gasteiger partial charge in [0.15, 0.2) is 5.02 Å². The van der Waals surface area contributed by atoms with Gasteiger partial charge in [0.25, 0.3) is 0 Å². The second-order valence-electron chi connectivity index (χ2n) is 3.44. The van der Waals surface area contributed by atoms with Gasteiger partial charge in [-0.15, -0.1) is 0 Å². The van der Waals surface area contributed by atoms with Crippen LogP contribution in [0.2, 0.25) is 10.0 Å². The smallest absolute Gasteiger partial charge is 0.310 e. The van der Waals surface area contributed by atoms with Gasteiger partial charge < -0.3 is 10.5 Å². The van der Waals surface area contributed by atoms with Gasteiger partial charge in [-0.2, -0.15) is 0 Å². The van der Waals surface area contributed by atoms with E-state index in [0.29, 0.717) is 18.6 Å². The van der Waals surface area contributed by atoms with Crippen LogP contribution in [0.25, 0.3) is 0 Å². The van der Waals surface area contributed by atoms with Gasteiger partial charge in [0.05, 0.1) is 11.5 Å². The molecule has 0 radical (unpaired) electrons. The van der Waals surface area contributed by atoms with Crippen LogP contribution in [-0.2, 0) is 0 Å². The molecule has 1 atom stereocenters. The number of rotatable bonds is 1. The van der Waals surface area contributed by atoms with Crippen molar-refractivity contribution in [1.29, 1.82) is 0 Å². The molecule has 5 nitrogen and oxygen atoms in total. The van der Waals surface area contributed by atoms with Crippen LogP contribution in [-0.4, -0.2) is 11.5 Å². The minimum Gasteiger partial charge on any atom is -0.491 e. The van der Waals surface area contributed by atoms with Gasteiger partial charge in [0, 0.05) is 18.0 Å². The SMILES string of the molecule is N[C@@H]1CCOc2c1cc(Cl)c([N+](=O)[O-])c2Cl. The van der Waals surface area contributed by atoms with Crippen molar-refractivity contribution < 1.29 is 9.66 Å². The van der Waals surface area contributed by atoms with E-state index < -0.39 is 4.92 Å². The van der Waals surface area contributed by atoms with Gasteiger partial charge >= 0.3 is 5.69 Å². The number of ether oxygens (including phenoxy) is 1. The highest BCUT2D eigenvalue weighted by atomic mass is 35.5. The molecule has 0 aromatic heterocycles. The number of nitro groups is 1. The second kappa shape index (κ2) is 4.08. The van der Waals surface area contributed by atoms with Gasteiger partial charge in [0.2, 0.25) is 0 Å². The Kier molecular flexibility index (Phi) is 2.92. The number of fused-ring (bicyclic) bond motifs is 1. The highest BCUT2D eigenvalue weighted by Crippen LogP contribution is 2.45. The molecule has 86 valence electrons. The number of halogens is 2. The van der Waals surface area contributed by atoms with E-state index in [1.54, 1.807) is 0 Å². The van der Waals surface area contributed by atoms with E-state index in [0.717, 1.165) is 0 Å². The summed E-state index contributed by atoms with van der Waals surface area (Å²) in [5, 5.41) is 10.7. The van der Waals surface area contributed by atoms with Gasteiger partial charge in [-0.3, -0.25) is 10.1 Å². The zero-order chi connectivity index (χ0) is 11.9. The Bertz CT molecular complexity index is 465. The summed E-state index contributed by atoms with van der Waals surface area (Å²) >= 11 is 11.7. The van der Waals surface area contributed by atoms with Crippen LogP contribution in [0.3, 0.4) is 0 Å². The lowest BCUT2D eigenvalue weighted by Gasteiger charge is -2.23. The van der Waals surface area contributed by atoms with E-state index in [9.17, 15) is 10.1 Å². The number of hydrogen-bond donors (Lipinski definition) is 1. The Morgan fingerprint density at radius 3 is 2.88 bits per heavy atom. The summed E-state index contributed by atoms with van der Waals surface area (Å²) in [7, 11) is 0. The van der Waals surface area contributed by atoms with Crippen molar-refractivity contribution in [3.05, 3.63) is 31.8 Å². The van der Waals surface area contributed by atoms with Gasteiger partial charge in [-0.1, -0.05) is 23.2 Å². The molecule has 0 spiro atoms.